The summed E-state index contributed by atoms with van der Waals surface area (Å²) >= 11 is 0. The number of ether oxygens (including phenoxy) is 2. The molecule has 24 heavy (non-hydrogen) atoms. The van der Waals surface area contributed by atoms with Gasteiger partial charge in [-0.1, -0.05) is 18.2 Å². The lowest BCUT2D eigenvalue weighted by atomic mass is 9.81. The molecule has 4 rings (SSSR count). The second-order valence-corrected chi connectivity index (χ2v) is 6.79. The molecule has 1 aliphatic carbocycles. The summed E-state index contributed by atoms with van der Waals surface area (Å²) in [4.78, 5) is 4.34. The smallest absolute Gasteiger partial charge is 0.168 e. The molecule has 2 aromatic rings. The Balaban J connectivity index is 1.48. The number of rotatable bonds is 3. The summed E-state index contributed by atoms with van der Waals surface area (Å²) in [7, 11) is 0. The summed E-state index contributed by atoms with van der Waals surface area (Å²) < 4.78 is 11.5. The third-order valence-electron chi connectivity index (χ3n) is 5.16. The third-order valence-corrected chi connectivity index (χ3v) is 5.16. The zero-order valence-corrected chi connectivity index (χ0v) is 13.6. The van der Waals surface area contributed by atoms with E-state index in [9.17, 15) is 5.11 Å². The van der Waals surface area contributed by atoms with Crippen molar-refractivity contribution >= 4 is 22.3 Å². The minimum atomic E-state index is -0.780. The molecule has 0 amide bonds. The Labute approximate surface area is 141 Å². The lowest BCUT2D eigenvalue weighted by Gasteiger charge is -2.40. The average molecular weight is 329 g/mol. The van der Waals surface area contributed by atoms with Crippen LogP contribution in [0.3, 0.4) is 0 Å². The molecule has 1 saturated carbocycles. The van der Waals surface area contributed by atoms with Gasteiger partial charge in [-0.15, -0.1) is 0 Å². The highest BCUT2D eigenvalue weighted by Crippen LogP contribution is 2.40. The van der Waals surface area contributed by atoms with Gasteiger partial charge in [0.25, 0.3) is 0 Å². The minimum absolute atomic E-state index is 0.446. The molecular weight excluding hydrogens is 306 g/mol. The number of hydrogen-bond acceptors (Lipinski definition) is 6. The fourth-order valence-corrected chi connectivity index (χ4v) is 3.67. The molecule has 2 fully saturated rings. The Hall–Kier alpha value is -1.89. The van der Waals surface area contributed by atoms with E-state index >= 15 is 0 Å². The number of nitrogens with zero attached hydrogens (tertiary/aromatic N) is 1. The van der Waals surface area contributed by atoms with Gasteiger partial charge in [0, 0.05) is 24.8 Å². The second-order valence-electron chi connectivity index (χ2n) is 6.79. The molecule has 2 aliphatic rings. The summed E-state index contributed by atoms with van der Waals surface area (Å²) in [5.41, 5.74) is 7.62. The molecule has 0 atom stereocenters. The molecule has 6 heteroatoms. The van der Waals surface area contributed by atoms with Crippen molar-refractivity contribution in [3.05, 3.63) is 30.5 Å². The van der Waals surface area contributed by atoms with Gasteiger partial charge >= 0.3 is 0 Å². The van der Waals surface area contributed by atoms with Crippen LogP contribution in [-0.2, 0) is 9.47 Å². The standard InChI is InChI=1S/C18H23N3O3/c19-14-11-20-15-4-2-1-3-13(15)16(14)21-12-17(22)5-7-18(8-6-17)23-9-10-24-18/h1-4,11,22H,5-10,12,19H2,(H,20,21). The minimum Gasteiger partial charge on any atom is -0.396 e. The molecule has 6 nitrogen and oxygen atoms in total. The van der Waals surface area contributed by atoms with E-state index in [1.54, 1.807) is 6.20 Å². The molecule has 4 N–H and O–H groups in total. The molecule has 1 saturated heterocycles. The van der Waals surface area contributed by atoms with Crippen LogP contribution in [0.4, 0.5) is 11.4 Å². The fourth-order valence-electron chi connectivity index (χ4n) is 3.67. The van der Waals surface area contributed by atoms with E-state index in [0.717, 1.165) is 29.4 Å². The number of nitrogen functional groups attached to an aromatic ring is 1. The molecule has 0 unspecified atom stereocenters. The van der Waals surface area contributed by atoms with Crippen LogP contribution in [0.5, 0.6) is 0 Å². The number of benzene rings is 1. The molecule has 1 aromatic carbocycles. The van der Waals surface area contributed by atoms with Crippen molar-refractivity contribution in [2.24, 2.45) is 0 Å². The predicted octanol–water partition coefficient (Wildman–Crippen LogP) is 2.28. The highest BCUT2D eigenvalue weighted by atomic mass is 16.7. The van der Waals surface area contributed by atoms with Gasteiger partial charge in [-0.05, 0) is 18.9 Å². The van der Waals surface area contributed by atoms with Gasteiger partial charge in [-0.25, -0.2) is 0 Å². The molecule has 0 bridgehead atoms. The first-order valence-corrected chi connectivity index (χ1v) is 8.47. The summed E-state index contributed by atoms with van der Waals surface area (Å²) in [6, 6.07) is 7.85. The van der Waals surface area contributed by atoms with E-state index in [4.69, 9.17) is 15.2 Å². The van der Waals surface area contributed by atoms with E-state index in [-0.39, 0.29) is 0 Å². The highest BCUT2D eigenvalue weighted by Gasteiger charge is 2.45. The van der Waals surface area contributed by atoms with E-state index in [2.05, 4.69) is 10.3 Å². The van der Waals surface area contributed by atoms with Gasteiger partial charge in [0.05, 0.1) is 41.9 Å². The largest absolute Gasteiger partial charge is 0.396 e. The quantitative estimate of drug-likeness (QED) is 0.800. The molecule has 2 heterocycles. The molecule has 1 aromatic heterocycles. The maximum Gasteiger partial charge on any atom is 0.168 e. The maximum absolute atomic E-state index is 10.9. The normalized spacial score (nSPS) is 22.0. The van der Waals surface area contributed by atoms with Crippen molar-refractivity contribution in [1.82, 2.24) is 4.98 Å². The fraction of sp³-hybridized carbons (Fsp3) is 0.500. The number of nitrogens with two attached hydrogens (primary N) is 1. The molecular formula is C18H23N3O3. The number of nitrogens with one attached hydrogen (secondary N) is 1. The highest BCUT2D eigenvalue weighted by molar-refractivity contribution is 5.96. The van der Waals surface area contributed by atoms with Gasteiger partial charge in [-0.2, -0.15) is 0 Å². The number of aliphatic hydroxyl groups is 1. The molecule has 0 radical (unpaired) electrons. The lowest BCUT2D eigenvalue weighted by Crippen LogP contribution is -2.47. The Kier molecular flexibility index (Phi) is 3.83. The van der Waals surface area contributed by atoms with E-state index in [0.29, 0.717) is 38.3 Å². The van der Waals surface area contributed by atoms with Crippen LogP contribution in [0.15, 0.2) is 30.5 Å². The Morgan fingerprint density at radius 2 is 1.83 bits per heavy atom. The second kappa shape index (κ2) is 5.88. The number of pyridine rings is 1. The third kappa shape index (κ3) is 2.81. The van der Waals surface area contributed by atoms with Crippen LogP contribution in [0.25, 0.3) is 10.9 Å². The molecule has 1 spiro atoms. The lowest BCUT2D eigenvalue weighted by molar-refractivity contribution is -0.200. The van der Waals surface area contributed by atoms with Crippen molar-refractivity contribution in [2.75, 3.05) is 30.8 Å². The molecule has 1 aliphatic heterocycles. The van der Waals surface area contributed by atoms with Crippen LogP contribution >= 0.6 is 0 Å². The van der Waals surface area contributed by atoms with Gasteiger partial charge in [0.2, 0.25) is 0 Å². The van der Waals surface area contributed by atoms with Crippen LogP contribution in [0.1, 0.15) is 25.7 Å². The van der Waals surface area contributed by atoms with Crippen molar-refractivity contribution < 1.29 is 14.6 Å². The van der Waals surface area contributed by atoms with Crippen LogP contribution in [0.2, 0.25) is 0 Å². The summed E-state index contributed by atoms with van der Waals surface area (Å²) in [5.74, 6) is -0.464. The van der Waals surface area contributed by atoms with Crippen molar-refractivity contribution in [1.29, 1.82) is 0 Å². The van der Waals surface area contributed by atoms with Gasteiger partial charge in [0.1, 0.15) is 0 Å². The van der Waals surface area contributed by atoms with Gasteiger partial charge in [-0.3, -0.25) is 4.98 Å². The first kappa shape index (κ1) is 15.6. The number of fused-ring (bicyclic) bond motifs is 1. The zero-order valence-electron chi connectivity index (χ0n) is 13.6. The monoisotopic (exact) mass is 329 g/mol. The molecule has 128 valence electrons. The number of para-hydroxylation sites is 1. The number of hydrogen-bond donors (Lipinski definition) is 3. The summed E-state index contributed by atoms with van der Waals surface area (Å²) in [6.45, 7) is 1.74. The van der Waals surface area contributed by atoms with Crippen LogP contribution in [-0.4, -0.2) is 41.2 Å². The van der Waals surface area contributed by atoms with Crippen LogP contribution in [0, 0.1) is 0 Å². The Morgan fingerprint density at radius 1 is 1.12 bits per heavy atom. The Morgan fingerprint density at radius 3 is 2.58 bits per heavy atom. The SMILES string of the molecule is Nc1cnc2ccccc2c1NCC1(O)CCC2(CC1)OCCO2. The van der Waals surface area contributed by atoms with Crippen molar-refractivity contribution in [3.8, 4) is 0 Å². The van der Waals surface area contributed by atoms with Gasteiger partial charge in [0.15, 0.2) is 5.79 Å². The maximum atomic E-state index is 10.9. The van der Waals surface area contributed by atoms with Crippen molar-refractivity contribution in [3.63, 3.8) is 0 Å². The van der Waals surface area contributed by atoms with E-state index < -0.39 is 11.4 Å². The zero-order chi connectivity index (χ0) is 16.6. The first-order chi connectivity index (χ1) is 11.6. The van der Waals surface area contributed by atoms with Crippen molar-refractivity contribution in [2.45, 2.75) is 37.1 Å². The van der Waals surface area contributed by atoms with E-state index in [1.807, 2.05) is 24.3 Å². The van der Waals surface area contributed by atoms with Gasteiger partial charge < -0.3 is 25.6 Å². The predicted molar refractivity (Wildman–Crippen MR) is 92.7 cm³/mol. The summed E-state index contributed by atoms with van der Waals surface area (Å²) in [5, 5.41) is 15.2. The van der Waals surface area contributed by atoms with Crippen LogP contribution < -0.4 is 11.1 Å². The topological polar surface area (TPSA) is 89.6 Å². The van der Waals surface area contributed by atoms with E-state index in [1.165, 1.54) is 0 Å². The first-order valence-electron chi connectivity index (χ1n) is 8.47. The number of anilines is 2. The number of aromatic nitrogens is 1. The Bertz CT molecular complexity index is 733. The summed E-state index contributed by atoms with van der Waals surface area (Å²) in [6.07, 6.45) is 4.38. The average Bonchev–Trinajstić information content (AvgIpc) is 3.06.